The first-order valence-electron chi connectivity index (χ1n) is 6.10. The second kappa shape index (κ2) is 3.75. The van der Waals surface area contributed by atoms with E-state index in [1.807, 2.05) is 20.0 Å². The van der Waals surface area contributed by atoms with E-state index in [1.165, 1.54) is 10.8 Å². The summed E-state index contributed by atoms with van der Waals surface area (Å²) in [5.74, 6) is 0. The number of hydrogen-bond acceptors (Lipinski definition) is 2. The van der Waals surface area contributed by atoms with Crippen LogP contribution in [0.2, 0.25) is 5.15 Å². The maximum absolute atomic E-state index is 5.99. The van der Waals surface area contributed by atoms with E-state index < -0.39 is 0 Å². The molecule has 0 spiro atoms. The number of rotatable bonds is 0. The van der Waals surface area contributed by atoms with Gasteiger partial charge in [0.2, 0.25) is 0 Å². The van der Waals surface area contributed by atoms with E-state index in [0.717, 1.165) is 27.5 Å². The average molecular weight is 266 g/mol. The van der Waals surface area contributed by atoms with Crippen LogP contribution in [0.25, 0.3) is 32.7 Å². The van der Waals surface area contributed by atoms with Crippen molar-refractivity contribution < 1.29 is 4.42 Å². The van der Waals surface area contributed by atoms with E-state index in [0.29, 0.717) is 5.15 Å². The van der Waals surface area contributed by atoms with Crippen LogP contribution in [-0.2, 0) is 0 Å². The van der Waals surface area contributed by atoms with Crippen LogP contribution in [0, 0.1) is 0 Å². The molecule has 0 saturated heterocycles. The van der Waals surface area contributed by atoms with Crippen molar-refractivity contribution in [3.63, 3.8) is 0 Å². The molecule has 0 N–H and O–H groups in total. The Morgan fingerprint density at radius 2 is 1.74 bits per heavy atom. The molecule has 2 nitrogen and oxygen atoms in total. The zero-order chi connectivity index (χ0) is 13.0. The van der Waals surface area contributed by atoms with Crippen LogP contribution in [0.3, 0.4) is 0 Å². The molecule has 0 bridgehead atoms. The SMILES string of the molecule is Bc1nc(Cl)cc2oc3cc4ccccc4cc3c12. The second-order valence-corrected chi connectivity index (χ2v) is 5.09. The van der Waals surface area contributed by atoms with Gasteiger partial charge in [0.15, 0.2) is 7.85 Å². The summed E-state index contributed by atoms with van der Waals surface area (Å²) < 4.78 is 5.90. The van der Waals surface area contributed by atoms with Crippen molar-refractivity contribution in [1.29, 1.82) is 0 Å². The van der Waals surface area contributed by atoms with Crippen LogP contribution in [-0.4, -0.2) is 12.8 Å². The smallest absolute Gasteiger partial charge is 0.165 e. The van der Waals surface area contributed by atoms with Gasteiger partial charge in [0.05, 0.1) is 0 Å². The van der Waals surface area contributed by atoms with Gasteiger partial charge in [0, 0.05) is 22.4 Å². The lowest BCUT2D eigenvalue weighted by Crippen LogP contribution is -2.08. The van der Waals surface area contributed by atoms with Gasteiger partial charge in [-0.3, -0.25) is 4.98 Å². The van der Waals surface area contributed by atoms with Crippen molar-refractivity contribution >= 4 is 57.8 Å². The normalized spacial score (nSPS) is 11.6. The highest BCUT2D eigenvalue weighted by molar-refractivity contribution is 6.41. The summed E-state index contributed by atoms with van der Waals surface area (Å²) in [6.45, 7) is 0. The number of aromatic nitrogens is 1. The molecule has 4 heteroatoms. The van der Waals surface area contributed by atoms with Crippen LogP contribution in [0.4, 0.5) is 0 Å². The monoisotopic (exact) mass is 265 g/mol. The largest absolute Gasteiger partial charge is 0.456 e. The second-order valence-electron chi connectivity index (χ2n) is 4.70. The molecule has 0 unspecified atom stereocenters. The Morgan fingerprint density at radius 3 is 2.53 bits per heavy atom. The Labute approximate surface area is 115 Å². The van der Waals surface area contributed by atoms with Crippen molar-refractivity contribution in [3.05, 3.63) is 47.6 Å². The van der Waals surface area contributed by atoms with Gasteiger partial charge in [-0.25, -0.2) is 0 Å². The predicted molar refractivity (Wildman–Crippen MR) is 82.2 cm³/mol. The Hall–Kier alpha value is -2.00. The minimum absolute atomic E-state index is 0.466. The molecule has 0 aliphatic rings. The molecule has 2 aromatic carbocycles. The summed E-state index contributed by atoms with van der Waals surface area (Å²) in [4.78, 5) is 4.31. The Morgan fingerprint density at radius 1 is 1.00 bits per heavy atom. The summed E-state index contributed by atoms with van der Waals surface area (Å²) in [5.41, 5.74) is 2.57. The molecule has 90 valence electrons. The fraction of sp³-hybridized carbons (Fsp3) is 0. The predicted octanol–water partition coefficient (Wildman–Crippen LogP) is 3.05. The highest BCUT2D eigenvalue weighted by Crippen LogP contribution is 2.31. The summed E-state index contributed by atoms with van der Waals surface area (Å²) in [6.07, 6.45) is 0. The number of halogens is 1. The summed E-state index contributed by atoms with van der Waals surface area (Å²) in [5, 5.41) is 4.98. The molecule has 0 amide bonds. The molecule has 0 radical (unpaired) electrons. The van der Waals surface area contributed by atoms with E-state index in [-0.39, 0.29) is 0 Å². The molecule has 4 aromatic rings. The van der Waals surface area contributed by atoms with Gasteiger partial charge in [0.1, 0.15) is 16.3 Å². The number of pyridine rings is 1. The zero-order valence-corrected chi connectivity index (χ0v) is 11.0. The number of benzene rings is 2. The number of fused-ring (bicyclic) bond motifs is 4. The molecule has 0 aliphatic carbocycles. The topological polar surface area (TPSA) is 26.0 Å². The van der Waals surface area contributed by atoms with Gasteiger partial charge in [0.25, 0.3) is 0 Å². The van der Waals surface area contributed by atoms with Crippen molar-refractivity contribution in [1.82, 2.24) is 4.98 Å². The highest BCUT2D eigenvalue weighted by Gasteiger charge is 2.12. The minimum atomic E-state index is 0.466. The van der Waals surface area contributed by atoms with Crippen molar-refractivity contribution in [2.75, 3.05) is 0 Å². The lowest BCUT2D eigenvalue weighted by Gasteiger charge is -1.98. The third-order valence-electron chi connectivity index (χ3n) is 3.47. The first kappa shape index (κ1) is 10.9. The van der Waals surface area contributed by atoms with Gasteiger partial charge < -0.3 is 4.42 Å². The molecular weight excluding hydrogens is 256 g/mol. The van der Waals surface area contributed by atoms with Crippen LogP contribution >= 0.6 is 11.6 Å². The highest BCUT2D eigenvalue weighted by atomic mass is 35.5. The third kappa shape index (κ3) is 1.55. The van der Waals surface area contributed by atoms with Gasteiger partial charge in [-0.2, -0.15) is 0 Å². The molecule has 0 saturated carbocycles. The maximum atomic E-state index is 5.99. The summed E-state index contributed by atoms with van der Waals surface area (Å²) >= 11 is 5.99. The molecule has 0 fully saturated rings. The lowest BCUT2D eigenvalue weighted by molar-refractivity contribution is 0.669. The van der Waals surface area contributed by atoms with Crippen LogP contribution < -0.4 is 5.59 Å². The fourth-order valence-electron chi connectivity index (χ4n) is 2.63. The first-order valence-corrected chi connectivity index (χ1v) is 6.48. The van der Waals surface area contributed by atoms with E-state index in [2.05, 4.69) is 29.2 Å². The summed E-state index contributed by atoms with van der Waals surface area (Å²) in [6, 6.07) is 14.2. The summed E-state index contributed by atoms with van der Waals surface area (Å²) in [7, 11) is 1.96. The lowest BCUT2D eigenvalue weighted by atomic mass is 9.96. The van der Waals surface area contributed by atoms with Gasteiger partial charge in [-0.1, -0.05) is 35.9 Å². The van der Waals surface area contributed by atoms with Gasteiger partial charge in [-0.15, -0.1) is 0 Å². The molecule has 2 aromatic heterocycles. The Balaban J connectivity index is 2.26. The van der Waals surface area contributed by atoms with Crippen molar-refractivity contribution in [2.45, 2.75) is 0 Å². The van der Waals surface area contributed by atoms with Crippen molar-refractivity contribution in [3.8, 4) is 0 Å². The van der Waals surface area contributed by atoms with E-state index in [1.54, 1.807) is 6.07 Å². The van der Waals surface area contributed by atoms with Crippen molar-refractivity contribution in [2.24, 2.45) is 0 Å². The molecule has 0 aliphatic heterocycles. The van der Waals surface area contributed by atoms with Crippen LogP contribution in [0.1, 0.15) is 0 Å². The first-order chi connectivity index (χ1) is 9.22. The molecule has 2 heterocycles. The fourth-order valence-corrected chi connectivity index (χ4v) is 2.86. The van der Waals surface area contributed by atoms with Gasteiger partial charge >= 0.3 is 0 Å². The average Bonchev–Trinajstić information content (AvgIpc) is 2.72. The Bertz CT molecular complexity index is 945. The van der Waals surface area contributed by atoms with Crippen LogP contribution in [0.5, 0.6) is 0 Å². The van der Waals surface area contributed by atoms with E-state index >= 15 is 0 Å². The molecular formula is C15H9BClNO. The zero-order valence-electron chi connectivity index (χ0n) is 10.3. The van der Waals surface area contributed by atoms with E-state index in [4.69, 9.17) is 16.0 Å². The number of nitrogens with zero attached hydrogens (tertiary/aromatic N) is 1. The maximum Gasteiger partial charge on any atom is 0.165 e. The number of furan rings is 1. The molecule has 19 heavy (non-hydrogen) atoms. The van der Waals surface area contributed by atoms with Gasteiger partial charge in [-0.05, 0) is 22.9 Å². The number of hydrogen-bond donors (Lipinski definition) is 0. The van der Waals surface area contributed by atoms with E-state index in [9.17, 15) is 0 Å². The van der Waals surface area contributed by atoms with Crippen LogP contribution in [0.15, 0.2) is 46.9 Å². The standard InChI is InChI=1S/C15H9BClNO/c16-15-14-10-5-8-3-1-2-4-9(8)6-11(10)19-12(14)7-13(17)18-15/h1-7H,16H2. The molecule has 0 atom stereocenters. The third-order valence-corrected chi connectivity index (χ3v) is 3.66. The Kier molecular flexibility index (Phi) is 2.15. The minimum Gasteiger partial charge on any atom is -0.456 e. The molecule has 4 rings (SSSR count). The quantitative estimate of drug-likeness (QED) is 0.361.